The summed E-state index contributed by atoms with van der Waals surface area (Å²) < 4.78 is 6.62. The minimum atomic E-state index is -0.259. The molecule has 1 amide bonds. The first-order chi connectivity index (χ1) is 11.6. The smallest absolute Gasteiger partial charge is 0.342 e. The number of rotatable bonds is 4. The average Bonchev–Trinajstić information content (AvgIpc) is 3.20. The van der Waals surface area contributed by atoms with Crippen LogP contribution in [0.3, 0.4) is 0 Å². The molecular formula is C17H17ClN4O2. The van der Waals surface area contributed by atoms with E-state index in [0.29, 0.717) is 28.7 Å². The van der Waals surface area contributed by atoms with Crippen LogP contribution >= 0.6 is 11.6 Å². The van der Waals surface area contributed by atoms with Crippen molar-refractivity contribution in [2.24, 2.45) is 0 Å². The van der Waals surface area contributed by atoms with Crippen LogP contribution in [-0.4, -0.2) is 27.5 Å². The summed E-state index contributed by atoms with van der Waals surface area (Å²) in [4.78, 5) is 12.0. The fourth-order valence-corrected chi connectivity index (χ4v) is 2.49. The molecule has 0 aliphatic heterocycles. The number of carbonyl (C=O) groups is 1. The number of nitrogens with zero attached hydrogens (tertiary/aromatic N) is 3. The number of aromatic nitrogens is 3. The maximum absolute atomic E-state index is 12.0. The molecule has 3 rings (SSSR count). The summed E-state index contributed by atoms with van der Waals surface area (Å²) in [6.45, 7) is 4.42. The van der Waals surface area contributed by atoms with Crippen molar-refractivity contribution in [3.63, 3.8) is 0 Å². The number of amides is 1. The molecular weight excluding hydrogens is 328 g/mol. The number of benzene rings is 1. The zero-order valence-electron chi connectivity index (χ0n) is 13.4. The van der Waals surface area contributed by atoms with E-state index in [9.17, 15) is 4.79 Å². The van der Waals surface area contributed by atoms with Crippen molar-refractivity contribution >= 4 is 17.6 Å². The lowest BCUT2D eigenvalue weighted by Crippen LogP contribution is -2.29. The van der Waals surface area contributed by atoms with E-state index in [1.807, 2.05) is 26.0 Å². The Morgan fingerprint density at radius 3 is 2.75 bits per heavy atom. The predicted molar refractivity (Wildman–Crippen MR) is 92.0 cm³/mol. The van der Waals surface area contributed by atoms with E-state index < -0.39 is 0 Å². The SMILES string of the molecule is CCCNC(=O)n1ccc(-c2c(-c3ccc(Cl)cc3)noc2C)n1. The van der Waals surface area contributed by atoms with Crippen molar-refractivity contribution < 1.29 is 9.32 Å². The largest absolute Gasteiger partial charge is 0.360 e. The molecule has 0 radical (unpaired) electrons. The molecule has 0 saturated heterocycles. The molecule has 0 atom stereocenters. The molecule has 0 fully saturated rings. The van der Waals surface area contributed by atoms with Gasteiger partial charge >= 0.3 is 6.03 Å². The van der Waals surface area contributed by atoms with Crippen molar-refractivity contribution in [3.8, 4) is 22.5 Å². The lowest BCUT2D eigenvalue weighted by atomic mass is 10.0. The summed E-state index contributed by atoms with van der Waals surface area (Å²) in [5.41, 5.74) is 2.93. The molecule has 24 heavy (non-hydrogen) atoms. The third-order valence-corrected chi connectivity index (χ3v) is 3.81. The van der Waals surface area contributed by atoms with Crippen LogP contribution in [0.15, 0.2) is 41.1 Å². The number of hydrogen-bond donors (Lipinski definition) is 1. The number of carbonyl (C=O) groups excluding carboxylic acids is 1. The van der Waals surface area contributed by atoms with Gasteiger partial charge in [0.2, 0.25) is 0 Å². The Bertz CT molecular complexity index is 852. The molecule has 6 nitrogen and oxygen atoms in total. The van der Waals surface area contributed by atoms with E-state index in [4.69, 9.17) is 16.1 Å². The molecule has 0 aliphatic carbocycles. The number of hydrogen-bond acceptors (Lipinski definition) is 4. The summed E-state index contributed by atoms with van der Waals surface area (Å²) in [7, 11) is 0. The van der Waals surface area contributed by atoms with E-state index >= 15 is 0 Å². The fourth-order valence-electron chi connectivity index (χ4n) is 2.36. The van der Waals surface area contributed by atoms with Crippen molar-refractivity contribution in [1.29, 1.82) is 0 Å². The fraction of sp³-hybridized carbons (Fsp3) is 0.235. The van der Waals surface area contributed by atoms with Crippen LogP contribution in [0.2, 0.25) is 5.02 Å². The van der Waals surface area contributed by atoms with Gasteiger partial charge in [-0.3, -0.25) is 0 Å². The first-order valence-electron chi connectivity index (χ1n) is 7.66. The van der Waals surface area contributed by atoms with Gasteiger partial charge in [0, 0.05) is 23.3 Å². The third-order valence-electron chi connectivity index (χ3n) is 3.56. The van der Waals surface area contributed by atoms with Gasteiger partial charge in [-0.1, -0.05) is 35.8 Å². The van der Waals surface area contributed by atoms with Crippen LogP contribution in [0, 0.1) is 6.92 Å². The van der Waals surface area contributed by atoms with E-state index in [1.54, 1.807) is 24.4 Å². The molecule has 0 saturated carbocycles. The van der Waals surface area contributed by atoms with Gasteiger partial charge in [0.05, 0.1) is 11.3 Å². The Morgan fingerprint density at radius 2 is 2.04 bits per heavy atom. The summed E-state index contributed by atoms with van der Waals surface area (Å²) in [6, 6.07) is 8.83. The van der Waals surface area contributed by atoms with Gasteiger partial charge in [-0.15, -0.1) is 0 Å². The van der Waals surface area contributed by atoms with Crippen molar-refractivity contribution in [1.82, 2.24) is 20.3 Å². The quantitative estimate of drug-likeness (QED) is 0.772. The zero-order valence-corrected chi connectivity index (χ0v) is 14.2. The second kappa shape index (κ2) is 6.88. The Balaban J connectivity index is 1.96. The highest BCUT2D eigenvalue weighted by Crippen LogP contribution is 2.33. The minimum absolute atomic E-state index is 0.259. The van der Waals surface area contributed by atoms with Crippen LogP contribution in [0.1, 0.15) is 19.1 Å². The van der Waals surface area contributed by atoms with Gasteiger partial charge in [-0.05, 0) is 31.5 Å². The van der Waals surface area contributed by atoms with Gasteiger partial charge in [-0.25, -0.2) is 4.79 Å². The standard InChI is InChI=1S/C17H17ClN4O2/c1-3-9-19-17(23)22-10-8-14(20-22)15-11(2)24-21-16(15)12-4-6-13(18)7-5-12/h4-8,10H,3,9H2,1-2H3,(H,19,23). The highest BCUT2D eigenvalue weighted by atomic mass is 35.5. The van der Waals surface area contributed by atoms with Crippen LogP contribution in [0.5, 0.6) is 0 Å². The lowest BCUT2D eigenvalue weighted by molar-refractivity contribution is 0.239. The molecule has 7 heteroatoms. The maximum Gasteiger partial charge on any atom is 0.342 e. The summed E-state index contributed by atoms with van der Waals surface area (Å²) in [5, 5.41) is 11.9. The second-order valence-electron chi connectivity index (χ2n) is 5.35. The Morgan fingerprint density at radius 1 is 1.29 bits per heavy atom. The normalized spacial score (nSPS) is 10.8. The topological polar surface area (TPSA) is 73.0 Å². The number of nitrogens with one attached hydrogen (secondary N) is 1. The first kappa shape index (κ1) is 16.3. The maximum atomic E-state index is 12.0. The van der Waals surface area contributed by atoms with E-state index in [0.717, 1.165) is 17.5 Å². The Hall–Kier alpha value is -2.60. The van der Waals surface area contributed by atoms with Crippen LogP contribution in [0.25, 0.3) is 22.5 Å². The highest BCUT2D eigenvalue weighted by Gasteiger charge is 2.19. The van der Waals surface area contributed by atoms with Crippen LogP contribution in [-0.2, 0) is 0 Å². The Labute approximate surface area is 144 Å². The summed E-state index contributed by atoms with van der Waals surface area (Å²) in [5.74, 6) is 0.638. The highest BCUT2D eigenvalue weighted by molar-refractivity contribution is 6.30. The minimum Gasteiger partial charge on any atom is -0.360 e. The zero-order chi connectivity index (χ0) is 17.1. The molecule has 0 aliphatic rings. The van der Waals surface area contributed by atoms with E-state index in [1.165, 1.54) is 4.68 Å². The Kier molecular flexibility index (Phi) is 4.66. The third kappa shape index (κ3) is 3.19. The average molecular weight is 345 g/mol. The predicted octanol–water partition coefficient (Wildman–Crippen LogP) is 4.13. The molecule has 1 N–H and O–H groups in total. The lowest BCUT2D eigenvalue weighted by Gasteiger charge is -2.03. The van der Waals surface area contributed by atoms with Gasteiger partial charge in [0.1, 0.15) is 11.5 Å². The van der Waals surface area contributed by atoms with Crippen molar-refractivity contribution in [2.45, 2.75) is 20.3 Å². The van der Waals surface area contributed by atoms with E-state index in [2.05, 4.69) is 15.6 Å². The molecule has 0 unspecified atom stereocenters. The molecule has 3 aromatic rings. The van der Waals surface area contributed by atoms with Crippen LogP contribution < -0.4 is 5.32 Å². The molecule has 2 aromatic heterocycles. The van der Waals surface area contributed by atoms with Gasteiger partial charge in [0.25, 0.3) is 0 Å². The molecule has 1 aromatic carbocycles. The molecule has 0 bridgehead atoms. The van der Waals surface area contributed by atoms with Crippen molar-refractivity contribution in [3.05, 3.63) is 47.3 Å². The monoisotopic (exact) mass is 344 g/mol. The second-order valence-corrected chi connectivity index (χ2v) is 5.78. The van der Waals surface area contributed by atoms with Gasteiger partial charge in [0.15, 0.2) is 0 Å². The number of halogens is 1. The summed E-state index contributed by atoms with van der Waals surface area (Å²) >= 11 is 5.94. The molecule has 2 heterocycles. The first-order valence-corrected chi connectivity index (χ1v) is 8.04. The van der Waals surface area contributed by atoms with Crippen LogP contribution in [0.4, 0.5) is 4.79 Å². The molecule has 124 valence electrons. The van der Waals surface area contributed by atoms with Gasteiger partial charge in [-0.2, -0.15) is 9.78 Å². The van der Waals surface area contributed by atoms with E-state index in [-0.39, 0.29) is 6.03 Å². The number of aryl methyl sites for hydroxylation is 1. The van der Waals surface area contributed by atoms with Crippen molar-refractivity contribution in [2.75, 3.05) is 6.54 Å². The van der Waals surface area contributed by atoms with Gasteiger partial charge < -0.3 is 9.84 Å². The molecule has 0 spiro atoms. The summed E-state index contributed by atoms with van der Waals surface area (Å²) in [6.07, 6.45) is 2.49.